The van der Waals surface area contributed by atoms with Gasteiger partial charge in [-0.05, 0) is 0 Å². The minimum Gasteiger partial charge on any atom is -0.380 e. The van der Waals surface area contributed by atoms with Gasteiger partial charge < -0.3 is 9.47 Å². The minimum atomic E-state index is -0.575. The Kier molecular flexibility index (Phi) is 3.41. The molecule has 1 aromatic rings. The second kappa shape index (κ2) is 4.92. The SMILES string of the molecule is Cn1c(=O)n(CC2(C)COC2)c(=O)n(CC2(C)COC2)c1=O. The van der Waals surface area contributed by atoms with E-state index in [0.717, 1.165) is 13.7 Å². The van der Waals surface area contributed by atoms with Gasteiger partial charge in [0.25, 0.3) is 0 Å². The Hall–Kier alpha value is -1.67. The largest absolute Gasteiger partial charge is 0.380 e. The van der Waals surface area contributed by atoms with Crippen LogP contribution in [0.3, 0.4) is 0 Å². The summed E-state index contributed by atoms with van der Waals surface area (Å²) in [5.41, 5.74) is -2.17. The Balaban J connectivity index is 2.06. The summed E-state index contributed by atoms with van der Waals surface area (Å²) in [6, 6.07) is 0. The zero-order chi connectivity index (χ0) is 16.1. The first-order chi connectivity index (χ1) is 10.2. The summed E-state index contributed by atoms with van der Waals surface area (Å²) in [5, 5.41) is 0. The third-order valence-corrected chi connectivity index (χ3v) is 4.38. The number of nitrogens with zero attached hydrogens (tertiary/aromatic N) is 3. The summed E-state index contributed by atoms with van der Waals surface area (Å²) < 4.78 is 13.6. The molecule has 0 amide bonds. The monoisotopic (exact) mass is 311 g/mol. The van der Waals surface area contributed by atoms with Crippen LogP contribution in [0.2, 0.25) is 0 Å². The van der Waals surface area contributed by atoms with Crippen LogP contribution in [0.4, 0.5) is 0 Å². The summed E-state index contributed by atoms with van der Waals surface area (Å²) >= 11 is 0. The molecule has 0 radical (unpaired) electrons. The average molecular weight is 311 g/mol. The molecule has 0 saturated carbocycles. The van der Waals surface area contributed by atoms with Gasteiger partial charge in [-0.1, -0.05) is 13.8 Å². The van der Waals surface area contributed by atoms with Gasteiger partial charge in [0, 0.05) is 31.0 Å². The molecule has 0 spiro atoms. The van der Waals surface area contributed by atoms with Crippen molar-refractivity contribution in [1.82, 2.24) is 13.7 Å². The molecule has 0 atom stereocenters. The molecule has 2 aliphatic heterocycles. The molecule has 2 saturated heterocycles. The van der Waals surface area contributed by atoms with Crippen molar-refractivity contribution in [1.29, 1.82) is 0 Å². The Labute approximate surface area is 126 Å². The molecule has 0 unspecified atom stereocenters. The lowest BCUT2D eigenvalue weighted by atomic mass is 9.88. The normalized spacial score (nSPS) is 22.0. The quantitative estimate of drug-likeness (QED) is 0.696. The fourth-order valence-electron chi connectivity index (χ4n) is 2.87. The zero-order valence-corrected chi connectivity index (χ0v) is 13.1. The number of hydrogen-bond acceptors (Lipinski definition) is 5. The molecule has 3 rings (SSSR count). The van der Waals surface area contributed by atoms with E-state index in [2.05, 4.69) is 0 Å². The summed E-state index contributed by atoms with van der Waals surface area (Å²) in [6.07, 6.45) is 0. The fourth-order valence-corrected chi connectivity index (χ4v) is 2.87. The van der Waals surface area contributed by atoms with Crippen molar-refractivity contribution in [2.75, 3.05) is 26.4 Å². The topological polar surface area (TPSA) is 84.5 Å². The lowest BCUT2D eigenvalue weighted by Crippen LogP contribution is -2.59. The highest BCUT2D eigenvalue weighted by Crippen LogP contribution is 2.28. The van der Waals surface area contributed by atoms with Crippen LogP contribution in [0.5, 0.6) is 0 Å². The molecule has 2 fully saturated rings. The van der Waals surface area contributed by atoms with E-state index in [9.17, 15) is 14.4 Å². The molecule has 8 heteroatoms. The molecular weight excluding hydrogens is 290 g/mol. The molecule has 8 nitrogen and oxygen atoms in total. The Bertz CT molecular complexity index is 704. The van der Waals surface area contributed by atoms with Crippen molar-refractivity contribution >= 4 is 0 Å². The highest BCUT2D eigenvalue weighted by molar-refractivity contribution is 4.88. The molecule has 122 valence electrons. The highest BCUT2D eigenvalue weighted by atomic mass is 16.5. The average Bonchev–Trinajstić information content (AvgIpc) is 2.42. The minimum absolute atomic E-state index is 0.234. The molecule has 0 aromatic carbocycles. The van der Waals surface area contributed by atoms with Gasteiger partial charge in [0.15, 0.2) is 0 Å². The smallest absolute Gasteiger partial charge is 0.336 e. The standard InChI is InChI=1S/C14H21N3O5/c1-13(6-21-7-13)4-16-10(18)15(3)11(19)17(12(16)20)5-14(2)8-22-9-14/h4-9H2,1-3H3. The molecule has 0 bridgehead atoms. The van der Waals surface area contributed by atoms with Crippen LogP contribution in [0.15, 0.2) is 14.4 Å². The summed E-state index contributed by atoms with van der Waals surface area (Å²) in [6.45, 7) is 6.46. The van der Waals surface area contributed by atoms with Gasteiger partial charge in [0.05, 0.1) is 26.4 Å². The van der Waals surface area contributed by atoms with Gasteiger partial charge in [0.2, 0.25) is 0 Å². The van der Waals surface area contributed by atoms with Gasteiger partial charge in [-0.3, -0.25) is 0 Å². The first-order valence-electron chi connectivity index (χ1n) is 7.31. The zero-order valence-electron chi connectivity index (χ0n) is 13.1. The van der Waals surface area contributed by atoms with E-state index in [1.165, 1.54) is 7.05 Å². The molecule has 1 aromatic heterocycles. The first kappa shape index (κ1) is 15.2. The second-order valence-corrected chi connectivity index (χ2v) is 7.19. The summed E-state index contributed by atoms with van der Waals surface area (Å²) in [4.78, 5) is 37.2. The van der Waals surface area contributed by atoms with Crippen LogP contribution in [0.1, 0.15) is 13.8 Å². The van der Waals surface area contributed by atoms with E-state index in [1.807, 2.05) is 13.8 Å². The van der Waals surface area contributed by atoms with Crippen LogP contribution in [-0.2, 0) is 29.6 Å². The summed E-state index contributed by atoms with van der Waals surface area (Å²) in [7, 11) is 1.40. The van der Waals surface area contributed by atoms with Crippen molar-refractivity contribution in [2.24, 2.45) is 17.9 Å². The number of rotatable bonds is 4. The maximum absolute atomic E-state index is 12.6. The van der Waals surface area contributed by atoms with Gasteiger partial charge in [-0.2, -0.15) is 0 Å². The molecule has 2 aliphatic rings. The maximum atomic E-state index is 12.6. The number of ether oxygens (including phenoxy) is 2. The van der Waals surface area contributed by atoms with Crippen molar-refractivity contribution in [2.45, 2.75) is 26.9 Å². The van der Waals surface area contributed by atoms with E-state index in [0.29, 0.717) is 26.4 Å². The third kappa shape index (κ3) is 2.36. The molecule has 3 heterocycles. The maximum Gasteiger partial charge on any atom is 0.336 e. The van der Waals surface area contributed by atoms with E-state index >= 15 is 0 Å². The Morgan fingerprint density at radius 2 is 1.18 bits per heavy atom. The molecule has 0 N–H and O–H groups in total. The van der Waals surface area contributed by atoms with Crippen LogP contribution in [-0.4, -0.2) is 40.1 Å². The van der Waals surface area contributed by atoms with Crippen LogP contribution >= 0.6 is 0 Å². The predicted molar refractivity (Wildman–Crippen MR) is 78.1 cm³/mol. The van der Waals surface area contributed by atoms with Crippen molar-refractivity contribution in [3.63, 3.8) is 0 Å². The van der Waals surface area contributed by atoms with Crippen LogP contribution in [0, 0.1) is 10.8 Å². The van der Waals surface area contributed by atoms with Crippen LogP contribution in [0.25, 0.3) is 0 Å². The second-order valence-electron chi connectivity index (χ2n) is 7.19. The third-order valence-electron chi connectivity index (χ3n) is 4.38. The van der Waals surface area contributed by atoms with E-state index in [1.54, 1.807) is 0 Å². The first-order valence-corrected chi connectivity index (χ1v) is 7.31. The number of hydrogen-bond donors (Lipinski definition) is 0. The van der Waals surface area contributed by atoms with Gasteiger partial charge in [-0.15, -0.1) is 0 Å². The van der Waals surface area contributed by atoms with Crippen molar-refractivity contribution < 1.29 is 9.47 Å². The van der Waals surface area contributed by atoms with Crippen molar-refractivity contribution in [3.05, 3.63) is 31.5 Å². The van der Waals surface area contributed by atoms with Gasteiger partial charge >= 0.3 is 17.1 Å². The Morgan fingerprint density at radius 1 is 0.818 bits per heavy atom. The van der Waals surface area contributed by atoms with E-state index < -0.39 is 17.1 Å². The predicted octanol–water partition coefficient (Wildman–Crippen LogP) is -1.22. The Morgan fingerprint density at radius 3 is 1.45 bits per heavy atom. The van der Waals surface area contributed by atoms with Gasteiger partial charge in [0.1, 0.15) is 0 Å². The van der Waals surface area contributed by atoms with Crippen LogP contribution < -0.4 is 17.1 Å². The van der Waals surface area contributed by atoms with Gasteiger partial charge in [-0.25, -0.2) is 28.1 Å². The fraction of sp³-hybridized carbons (Fsp3) is 0.786. The van der Waals surface area contributed by atoms with Crippen molar-refractivity contribution in [3.8, 4) is 0 Å². The molecule has 0 aliphatic carbocycles. The van der Waals surface area contributed by atoms with E-state index in [4.69, 9.17) is 9.47 Å². The highest BCUT2D eigenvalue weighted by Gasteiger charge is 2.37. The summed E-state index contributed by atoms with van der Waals surface area (Å²) in [5.74, 6) is 0. The molecular formula is C14H21N3O5. The lowest BCUT2D eigenvalue weighted by molar-refractivity contribution is -0.115. The van der Waals surface area contributed by atoms with E-state index in [-0.39, 0.29) is 23.9 Å². The lowest BCUT2D eigenvalue weighted by Gasteiger charge is -2.39. The molecule has 22 heavy (non-hydrogen) atoms. The number of aromatic nitrogens is 3.